The molecular weight excluding hydrogens is 244 g/mol. The van der Waals surface area contributed by atoms with Gasteiger partial charge in [-0.15, -0.1) is 0 Å². The van der Waals surface area contributed by atoms with Crippen molar-refractivity contribution in [3.63, 3.8) is 0 Å². The summed E-state index contributed by atoms with van der Waals surface area (Å²) in [5.41, 5.74) is 4.49. The van der Waals surface area contributed by atoms with Crippen LogP contribution in [0.4, 0.5) is 0 Å². The Labute approximate surface area is 114 Å². The molecule has 0 aliphatic carbocycles. The van der Waals surface area contributed by atoms with Gasteiger partial charge in [0.05, 0.1) is 11.4 Å². The maximum Gasteiger partial charge on any atom is 0.186 e. The summed E-state index contributed by atoms with van der Waals surface area (Å²) in [6.07, 6.45) is 5.29. The zero-order valence-electron chi connectivity index (χ0n) is 10.9. The SMILES string of the molecule is CCCCCNC(=S)N/N=C(/C)c1ccccn1. The number of pyridine rings is 1. The van der Waals surface area contributed by atoms with Gasteiger partial charge in [0.15, 0.2) is 5.11 Å². The van der Waals surface area contributed by atoms with Crippen LogP contribution in [-0.2, 0) is 0 Å². The predicted molar refractivity (Wildman–Crippen MR) is 79.7 cm³/mol. The normalized spacial score (nSPS) is 11.1. The van der Waals surface area contributed by atoms with Crippen molar-refractivity contribution in [3.05, 3.63) is 30.1 Å². The maximum atomic E-state index is 5.12. The quantitative estimate of drug-likeness (QED) is 0.359. The molecule has 18 heavy (non-hydrogen) atoms. The van der Waals surface area contributed by atoms with E-state index >= 15 is 0 Å². The molecule has 0 radical (unpaired) electrons. The predicted octanol–water partition coefficient (Wildman–Crippen LogP) is 2.46. The van der Waals surface area contributed by atoms with Gasteiger partial charge in [-0.2, -0.15) is 5.10 Å². The summed E-state index contributed by atoms with van der Waals surface area (Å²) >= 11 is 5.12. The highest BCUT2D eigenvalue weighted by atomic mass is 32.1. The average Bonchev–Trinajstić information content (AvgIpc) is 2.42. The number of nitrogens with one attached hydrogen (secondary N) is 2. The van der Waals surface area contributed by atoms with Gasteiger partial charge < -0.3 is 5.32 Å². The number of nitrogens with zero attached hydrogens (tertiary/aromatic N) is 2. The molecule has 4 nitrogen and oxygen atoms in total. The van der Waals surface area contributed by atoms with Gasteiger partial charge >= 0.3 is 0 Å². The van der Waals surface area contributed by atoms with Gasteiger partial charge in [0.2, 0.25) is 0 Å². The third-order valence-corrected chi connectivity index (χ3v) is 2.66. The molecule has 0 saturated heterocycles. The van der Waals surface area contributed by atoms with E-state index in [9.17, 15) is 0 Å². The maximum absolute atomic E-state index is 5.12. The van der Waals surface area contributed by atoms with Crippen molar-refractivity contribution in [2.75, 3.05) is 6.54 Å². The molecule has 2 N–H and O–H groups in total. The molecule has 0 amide bonds. The minimum Gasteiger partial charge on any atom is -0.361 e. The van der Waals surface area contributed by atoms with Crippen molar-refractivity contribution < 1.29 is 0 Å². The molecule has 0 bridgehead atoms. The highest BCUT2D eigenvalue weighted by Crippen LogP contribution is 1.95. The van der Waals surface area contributed by atoms with Gasteiger partial charge in [-0.3, -0.25) is 10.4 Å². The molecule has 0 saturated carbocycles. The van der Waals surface area contributed by atoms with Crippen LogP contribution in [0, 0.1) is 0 Å². The van der Waals surface area contributed by atoms with Crippen molar-refractivity contribution in [1.29, 1.82) is 0 Å². The van der Waals surface area contributed by atoms with E-state index in [0.29, 0.717) is 5.11 Å². The van der Waals surface area contributed by atoms with Crippen molar-refractivity contribution >= 4 is 23.0 Å². The van der Waals surface area contributed by atoms with E-state index in [1.54, 1.807) is 6.20 Å². The standard InChI is InChI=1S/C13H20N4S/c1-3-4-6-10-15-13(18)17-16-11(2)12-8-5-7-9-14-12/h5,7-9H,3-4,6,10H2,1-2H3,(H2,15,17,18)/b16-11-. The van der Waals surface area contributed by atoms with Crippen LogP contribution in [0.1, 0.15) is 38.8 Å². The van der Waals surface area contributed by atoms with E-state index in [2.05, 4.69) is 27.8 Å². The number of hydrogen-bond acceptors (Lipinski definition) is 3. The summed E-state index contributed by atoms with van der Waals surface area (Å²) in [6.45, 7) is 4.96. The molecule has 5 heteroatoms. The summed E-state index contributed by atoms with van der Waals surface area (Å²) in [5.74, 6) is 0. The fourth-order valence-electron chi connectivity index (χ4n) is 1.39. The second-order valence-corrected chi connectivity index (χ2v) is 4.40. The van der Waals surface area contributed by atoms with Gasteiger partial charge in [0.1, 0.15) is 0 Å². The average molecular weight is 264 g/mol. The Morgan fingerprint density at radius 1 is 1.39 bits per heavy atom. The molecule has 0 fully saturated rings. The van der Waals surface area contributed by atoms with Crippen LogP contribution in [-0.4, -0.2) is 22.4 Å². The monoisotopic (exact) mass is 264 g/mol. The van der Waals surface area contributed by atoms with Crippen molar-refractivity contribution in [3.8, 4) is 0 Å². The number of unbranched alkanes of at least 4 members (excludes halogenated alkanes) is 2. The topological polar surface area (TPSA) is 49.3 Å². The Bertz CT molecular complexity index is 389. The molecular formula is C13H20N4S. The Hall–Kier alpha value is -1.49. The van der Waals surface area contributed by atoms with E-state index < -0.39 is 0 Å². The zero-order chi connectivity index (χ0) is 13.2. The first-order valence-electron chi connectivity index (χ1n) is 6.23. The van der Waals surface area contributed by atoms with Crippen LogP contribution in [0.15, 0.2) is 29.5 Å². The zero-order valence-corrected chi connectivity index (χ0v) is 11.8. The Morgan fingerprint density at radius 3 is 2.89 bits per heavy atom. The molecule has 0 aliphatic heterocycles. The molecule has 0 spiro atoms. The molecule has 0 atom stereocenters. The highest BCUT2D eigenvalue weighted by molar-refractivity contribution is 7.80. The van der Waals surface area contributed by atoms with Crippen LogP contribution >= 0.6 is 12.2 Å². The molecule has 1 heterocycles. The largest absolute Gasteiger partial charge is 0.361 e. The van der Waals surface area contributed by atoms with Crippen LogP contribution in [0.2, 0.25) is 0 Å². The third-order valence-electron chi connectivity index (χ3n) is 2.43. The van der Waals surface area contributed by atoms with E-state index in [-0.39, 0.29) is 0 Å². The van der Waals surface area contributed by atoms with Crippen LogP contribution in [0.3, 0.4) is 0 Å². The summed E-state index contributed by atoms with van der Waals surface area (Å²) in [6, 6.07) is 5.73. The number of hydrogen-bond donors (Lipinski definition) is 2. The fraction of sp³-hybridized carbons (Fsp3) is 0.462. The smallest absolute Gasteiger partial charge is 0.186 e. The molecule has 98 valence electrons. The minimum atomic E-state index is 0.557. The van der Waals surface area contributed by atoms with Gasteiger partial charge in [0, 0.05) is 12.7 Å². The summed E-state index contributed by atoms with van der Waals surface area (Å²) < 4.78 is 0. The van der Waals surface area contributed by atoms with Crippen molar-refractivity contribution in [2.45, 2.75) is 33.1 Å². The number of hydrazone groups is 1. The number of thiocarbonyl (C=S) groups is 1. The van der Waals surface area contributed by atoms with E-state index in [0.717, 1.165) is 24.4 Å². The summed E-state index contributed by atoms with van der Waals surface area (Å²) in [5, 5.41) is 7.87. The van der Waals surface area contributed by atoms with Crippen LogP contribution < -0.4 is 10.7 Å². The lowest BCUT2D eigenvalue weighted by atomic mass is 10.2. The fourth-order valence-corrected chi connectivity index (χ4v) is 1.53. The molecule has 1 aromatic heterocycles. The van der Waals surface area contributed by atoms with Gasteiger partial charge in [0.25, 0.3) is 0 Å². The first kappa shape index (κ1) is 14.6. The Balaban J connectivity index is 2.32. The van der Waals surface area contributed by atoms with E-state index in [4.69, 9.17) is 12.2 Å². The molecule has 1 rings (SSSR count). The molecule has 0 unspecified atom stereocenters. The highest BCUT2D eigenvalue weighted by Gasteiger charge is 1.98. The van der Waals surface area contributed by atoms with Crippen molar-refractivity contribution in [1.82, 2.24) is 15.7 Å². The lowest BCUT2D eigenvalue weighted by Gasteiger charge is -2.07. The minimum absolute atomic E-state index is 0.557. The van der Waals surface area contributed by atoms with Crippen LogP contribution in [0.5, 0.6) is 0 Å². The molecule has 0 aromatic carbocycles. The lowest BCUT2D eigenvalue weighted by molar-refractivity contribution is 0.691. The first-order valence-corrected chi connectivity index (χ1v) is 6.64. The van der Waals surface area contributed by atoms with E-state index in [1.165, 1.54) is 12.8 Å². The summed E-state index contributed by atoms with van der Waals surface area (Å²) in [7, 11) is 0. The number of rotatable bonds is 6. The second kappa shape index (κ2) is 8.58. The van der Waals surface area contributed by atoms with Gasteiger partial charge in [-0.05, 0) is 37.7 Å². The summed E-state index contributed by atoms with van der Waals surface area (Å²) in [4.78, 5) is 4.21. The van der Waals surface area contributed by atoms with E-state index in [1.807, 2.05) is 25.1 Å². The Morgan fingerprint density at radius 2 is 2.22 bits per heavy atom. The van der Waals surface area contributed by atoms with Crippen LogP contribution in [0.25, 0.3) is 0 Å². The lowest BCUT2D eigenvalue weighted by Crippen LogP contribution is -2.33. The van der Waals surface area contributed by atoms with Crippen molar-refractivity contribution in [2.24, 2.45) is 5.10 Å². The molecule has 1 aromatic rings. The van der Waals surface area contributed by atoms with Gasteiger partial charge in [-0.1, -0.05) is 25.8 Å². The molecule has 0 aliphatic rings. The van der Waals surface area contributed by atoms with Gasteiger partial charge in [-0.25, -0.2) is 0 Å². The third kappa shape index (κ3) is 5.72. The first-order chi connectivity index (χ1) is 8.74. The Kier molecular flexibility index (Phi) is 6.94. The second-order valence-electron chi connectivity index (χ2n) is 3.99. The number of aromatic nitrogens is 1.